The van der Waals surface area contributed by atoms with E-state index >= 15 is 0 Å². The Morgan fingerprint density at radius 1 is 1.12 bits per heavy atom. The molecule has 2 aromatic heterocycles. The summed E-state index contributed by atoms with van der Waals surface area (Å²) in [5.41, 5.74) is 1.13. The maximum absolute atomic E-state index is 13.6. The van der Waals surface area contributed by atoms with Crippen LogP contribution in [0.1, 0.15) is 55.0 Å². The minimum absolute atomic E-state index is 0.0646. The Morgan fingerprint density at radius 3 is 2.53 bits per heavy atom. The maximum Gasteiger partial charge on any atom is 0.416 e. The van der Waals surface area contributed by atoms with Gasteiger partial charge in [0.2, 0.25) is 5.91 Å². The predicted octanol–water partition coefficient (Wildman–Crippen LogP) is 4.22. The van der Waals surface area contributed by atoms with Crippen molar-refractivity contribution >= 4 is 11.6 Å². The number of hydrogen-bond donors (Lipinski definition) is 0. The van der Waals surface area contributed by atoms with Crippen molar-refractivity contribution < 1.29 is 18.0 Å². The average Bonchev–Trinajstić information content (AvgIpc) is 3.13. The Labute approximate surface area is 195 Å². The van der Waals surface area contributed by atoms with E-state index in [0.717, 1.165) is 25.0 Å². The van der Waals surface area contributed by atoms with Crippen LogP contribution in [-0.2, 0) is 23.9 Å². The van der Waals surface area contributed by atoms with Crippen molar-refractivity contribution in [2.45, 2.75) is 45.8 Å². The van der Waals surface area contributed by atoms with E-state index in [9.17, 15) is 18.0 Å². The van der Waals surface area contributed by atoms with Crippen LogP contribution in [-0.4, -0.2) is 49.4 Å². The fraction of sp³-hybridized carbons (Fsp3) is 0.375. The van der Waals surface area contributed by atoms with E-state index in [0.29, 0.717) is 41.6 Å². The zero-order chi connectivity index (χ0) is 24.3. The fourth-order valence-electron chi connectivity index (χ4n) is 4.07. The van der Waals surface area contributed by atoms with Crippen molar-refractivity contribution in [1.82, 2.24) is 24.6 Å². The Morgan fingerprint density at radius 2 is 1.88 bits per heavy atom. The highest BCUT2D eigenvalue weighted by Crippen LogP contribution is 2.34. The second-order valence-electron chi connectivity index (χ2n) is 8.06. The molecule has 10 heteroatoms. The van der Waals surface area contributed by atoms with E-state index in [-0.39, 0.29) is 24.6 Å². The van der Waals surface area contributed by atoms with Crippen LogP contribution in [0, 0.1) is 0 Å². The minimum Gasteiger partial charge on any atom is -0.342 e. The minimum atomic E-state index is -4.53. The van der Waals surface area contributed by atoms with Crippen LogP contribution in [0.25, 0.3) is 5.69 Å². The number of amides is 1. The number of nitrogens with zero attached hydrogens (tertiary/aromatic N) is 6. The summed E-state index contributed by atoms with van der Waals surface area (Å²) in [4.78, 5) is 23.5. The van der Waals surface area contributed by atoms with Crippen molar-refractivity contribution in [2.24, 2.45) is 4.99 Å². The lowest BCUT2D eigenvalue weighted by Gasteiger charge is -2.22. The van der Waals surface area contributed by atoms with Crippen molar-refractivity contribution in [2.75, 3.05) is 13.1 Å². The summed E-state index contributed by atoms with van der Waals surface area (Å²) in [6.45, 7) is 5.30. The number of halogens is 3. The molecule has 0 radical (unpaired) electrons. The molecule has 0 fully saturated rings. The molecule has 1 aromatic carbocycles. The zero-order valence-electron chi connectivity index (χ0n) is 19.0. The molecule has 0 saturated carbocycles. The lowest BCUT2D eigenvalue weighted by molar-refractivity contribution is -0.137. The van der Waals surface area contributed by atoms with E-state index in [1.54, 1.807) is 34.0 Å². The molecule has 0 saturated heterocycles. The summed E-state index contributed by atoms with van der Waals surface area (Å²) >= 11 is 0. The average molecular weight is 470 g/mol. The molecule has 34 heavy (non-hydrogen) atoms. The number of alkyl halides is 3. The summed E-state index contributed by atoms with van der Waals surface area (Å²) < 4.78 is 42.4. The van der Waals surface area contributed by atoms with E-state index < -0.39 is 11.7 Å². The van der Waals surface area contributed by atoms with Crippen molar-refractivity contribution in [3.8, 4) is 5.69 Å². The molecule has 1 aliphatic heterocycles. The van der Waals surface area contributed by atoms with Crippen LogP contribution in [0.4, 0.5) is 13.2 Å². The number of carbonyl (C=O) groups excluding carboxylic acids is 1. The van der Waals surface area contributed by atoms with Gasteiger partial charge in [0.25, 0.3) is 0 Å². The molecule has 4 rings (SSSR count). The van der Waals surface area contributed by atoms with Crippen LogP contribution in [0.2, 0.25) is 0 Å². The number of fused-ring (bicyclic) bond motifs is 3. The molecular formula is C24H25F3N6O. The van der Waals surface area contributed by atoms with Gasteiger partial charge in [0.15, 0.2) is 5.82 Å². The van der Waals surface area contributed by atoms with Gasteiger partial charge in [-0.25, -0.2) is 0 Å². The number of pyridine rings is 1. The van der Waals surface area contributed by atoms with E-state index in [2.05, 4.69) is 20.2 Å². The Kier molecular flexibility index (Phi) is 6.76. The largest absolute Gasteiger partial charge is 0.416 e. The molecule has 0 N–H and O–H groups in total. The number of aromatic nitrogens is 4. The number of rotatable bonds is 7. The quantitative estimate of drug-likeness (QED) is 0.518. The van der Waals surface area contributed by atoms with Gasteiger partial charge < -0.3 is 4.90 Å². The molecule has 1 aliphatic rings. The van der Waals surface area contributed by atoms with Crippen LogP contribution in [0.5, 0.6) is 0 Å². The SMILES string of the molecule is CCCN(CCC)C(=O)Cc1nnc2n1-c1cc(C(F)(F)F)ccc1C(c1cccnc1)=NC2. The Balaban J connectivity index is 1.83. The molecule has 178 valence electrons. The standard InChI is InChI=1S/C24H25F3N6O/c1-3-10-32(11-4-2)22(34)13-20-30-31-21-15-29-23(16-6-5-9-28-14-16)18-8-7-17(24(25,26)27)12-19(18)33(20)21/h5-9,12,14H,3-4,10-11,13,15H2,1-2H3. The third kappa shape index (κ3) is 4.71. The molecule has 1 amide bonds. The summed E-state index contributed by atoms with van der Waals surface area (Å²) in [5, 5.41) is 8.35. The van der Waals surface area contributed by atoms with Gasteiger partial charge in [-0.15, -0.1) is 10.2 Å². The van der Waals surface area contributed by atoms with Crippen LogP contribution in [0.15, 0.2) is 47.7 Å². The number of hydrogen-bond acceptors (Lipinski definition) is 5. The second-order valence-corrected chi connectivity index (χ2v) is 8.06. The monoisotopic (exact) mass is 470 g/mol. The topological polar surface area (TPSA) is 76.3 Å². The molecular weight excluding hydrogens is 445 g/mol. The van der Waals surface area contributed by atoms with Gasteiger partial charge in [-0.3, -0.25) is 19.3 Å². The first-order valence-electron chi connectivity index (χ1n) is 11.2. The fourth-order valence-corrected chi connectivity index (χ4v) is 4.07. The lowest BCUT2D eigenvalue weighted by atomic mass is 9.99. The van der Waals surface area contributed by atoms with Crippen molar-refractivity contribution in [3.05, 3.63) is 71.1 Å². The highest BCUT2D eigenvalue weighted by Gasteiger charge is 2.33. The zero-order valence-corrected chi connectivity index (χ0v) is 19.0. The van der Waals surface area contributed by atoms with Crippen LogP contribution in [0.3, 0.4) is 0 Å². The number of carbonyl (C=O) groups is 1. The Bertz CT molecular complexity index is 1200. The summed E-state index contributed by atoms with van der Waals surface area (Å²) in [6.07, 6.45) is 0.254. The normalized spacial score (nSPS) is 13.0. The highest BCUT2D eigenvalue weighted by atomic mass is 19.4. The third-order valence-corrected chi connectivity index (χ3v) is 5.58. The summed E-state index contributed by atoms with van der Waals surface area (Å²) in [7, 11) is 0. The molecule has 3 heterocycles. The first-order chi connectivity index (χ1) is 16.3. The Hall–Kier alpha value is -3.56. The third-order valence-electron chi connectivity index (χ3n) is 5.58. The van der Waals surface area contributed by atoms with Gasteiger partial charge in [-0.2, -0.15) is 13.2 Å². The molecule has 0 aliphatic carbocycles. The molecule has 3 aromatic rings. The predicted molar refractivity (Wildman–Crippen MR) is 121 cm³/mol. The van der Waals surface area contributed by atoms with Gasteiger partial charge in [-0.05, 0) is 37.1 Å². The molecule has 7 nitrogen and oxygen atoms in total. The second kappa shape index (κ2) is 9.74. The molecule has 0 atom stereocenters. The van der Waals surface area contributed by atoms with E-state index in [1.165, 1.54) is 6.07 Å². The van der Waals surface area contributed by atoms with Gasteiger partial charge in [0, 0.05) is 36.6 Å². The number of aliphatic imine (C=N–C) groups is 1. The van der Waals surface area contributed by atoms with E-state index in [4.69, 9.17) is 0 Å². The lowest BCUT2D eigenvalue weighted by Crippen LogP contribution is -2.34. The molecule has 0 spiro atoms. The summed E-state index contributed by atoms with van der Waals surface area (Å²) in [5.74, 6) is 0.533. The summed E-state index contributed by atoms with van der Waals surface area (Å²) in [6, 6.07) is 7.06. The maximum atomic E-state index is 13.6. The van der Waals surface area contributed by atoms with Gasteiger partial charge in [0.05, 0.1) is 23.4 Å². The highest BCUT2D eigenvalue weighted by molar-refractivity contribution is 6.15. The first-order valence-corrected chi connectivity index (χ1v) is 11.2. The molecule has 0 bridgehead atoms. The van der Waals surface area contributed by atoms with Crippen LogP contribution >= 0.6 is 0 Å². The smallest absolute Gasteiger partial charge is 0.342 e. The molecule has 0 unspecified atom stereocenters. The van der Waals surface area contributed by atoms with Crippen molar-refractivity contribution in [1.29, 1.82) is 0 Å². The first kappa shape index (κ1) is 23.6. The van der Waals surface area contributed by atoms with Gasteiger partial charge >= 0.3 is 6.18 Å². The van der Waals surface area contributed by atoms with Gasteiger partial charge in [0.1, 0.15) is 12.4 Å². The van der Waals surface area contributed by atoms with Crippen molar-refractivity contribution in [3.63, 3.8) is 0 Å². The van der Waals surface area contributed by atoms with E-state index in [1.807, 2.05) is 13.8 Å². The van der Waals surface area contributed by atoms with Crippen LogP contribution < -0.4 is 0 Å². The number of benzene rings is 1. The van der Waals surface area contributed by atoms with Gasteiger partial charge in [-0.1, -0.05) is 19.9 Å².